The maximum absolute atomic E-state index is 11.7. The largest absolute Gasteiger partial charge is 0.474 e. The molecular weight excluding hydrogens is 318 g/mol. The third kappa shape index (κ3) is 3.57. The lowest BCUT2D eigenvalue weighted by Crippen LogP contribution is -2.15. The van der Waals surface area contributed by atoms with Gasteiger partial charge in [-0.1, -0.05) is 0 Å². The van der Waals surface area contributed by atoms with Crippen LogP contribution in [0.3, 0.4) is 0 Å². The molecule has 1 N–H and O–H groups in total. The fourth-order valence-electron chi connectivity index (χ4n) is 3.26. The fourth-order valence-corrected chi connectivity index (χ4v) is 3.26. The van der Waals surface area contributed by atoms with E-state index >= 15 is 0 Å². The van der Waals surface area contributed by atoms with Crippen molar-refractivity contribution in [2.75, 3.05) is 6.61 Å². The molecule has 0 fully saturated rings. The number of nitrogens with one attached hydrogen (secondary N) is 1. The van der Waals surface area contributed by atoms with E-state index in [4.69, 9.17) is 4.74 Å². The molecule has 2 heterocycles. The molecule has 0 aromatic carbocycles. The number of hydrogen-bond acceptors (Lipinski definition) is 4. The molecule has 0 bridgehead atoms. The highest BCUT2D eigenvalue weighted by Gasteiger charge is 2.19. The van der Waals surface area contributed by atoms with E-state index in [-0.39, 0.29) is 22.9 Å². The maximum atomic E-state index is 11.7. The first kappa shape index (κ1) is 17.2. The van der Waals surface area contributed by atoms with Crippen molar-refractivity contribution in [1.82, 2.24) is 14.8 Å². The molecule has 0 spiro atoms. The van der Waals surface area contributed by atoms with Crippen LogP contribution in [0.4, 0.5) is 0 Å². The summed E-state index contributed by atoms with van der Waals surface area (Å²) in [4.78, 5) is 25.7. The van der Waals surface area contributed by atoms with Gasteiger partial charge in [0, 0.05) is 24.5 Å². The average molecular weight is 341 g/mol. The number of aromatic nitrogens is 3. The molecule has 0 amide bonds. The van der Waals surface area contributed by atoms with E-state index in [0.717, 1.165) is 31.4 Å². The van der Waals surface area contributed by atoms with Crippen molar-refractivity contribution in [1.29, 1.82) is 0 Å². The summed E-state index contributed by atoms with van der Waals surface area (Å²) in [5.74, 6) is 0.234. The summed E-state index contributed by atoms with van der Waals surface area (Å²) in [5.41, 5.74) is 3.30. The molecule has 6 heteroatoms. The van der Waals surface area contributed by atoms with Crippen molar-refractivity contribution in [3.63, 3.8) is 0 Å². The van der Waals surface area contributed by atoms with Gasteiger partial charge in [0.1, 0.15) is 12.2 Å². The van der Waals surface area contributed by atoms with Gasteiger partial charge in [-0.05, 0) is 56.7 Å². The van der Waals surface area contributed by atoms with E-state index in [9.17, 15) is 9.59 Å². The average Bonchev–Trinajstić information content (AvgIpc) is 3.10. The van der Waals surface area contributed by atoms with Gasteiger partial charge >= 0.3 is 0 Å². The van der Waals surface area contributed by atoms with Gasteiger partial charge in [0.25, 0.3) is 0 Å². The minimum absolute atomic E-state index is 0.0349. The van der Waals surface area contributed by atoms with E-state index in [1.54, 1.807) is 0 Å². The summed E-state index contributed by atoms with van der Waals surface area (Å²) in [6.45, 7) is 4.58. The maximum Gasteiger partial charge on any atom is 0.205 e. The Balaban J connectivity index is 1.90. The number of hydrogen-bond donors (Lipinski definition) is 1. The van der Waals surface area contributed by atoms with Crippen LogP contribution in [0.2, 0.25) is 0 Å². The quantitative estimate of drug-likeness (QED) is 0.817. The zero-order valence-corrected chi connectivity index (χ0v) is 14.6. The molecule has 3 rings (SSSR count). The number of carbonyl (C=O) groups is 1. The number of pyridine rings is 1. The Labute approximate surface area is 146 Å². The summed E-state index contributed by atoms with van der Waals surface area (Å²) in [7, 11) is 0. The first-order valence-electron chi connectivity index (χ1n) is 8.66. The van der Waals surface area contributed by atoms with Gasteiger partial charge in [-0.25, -0.2) is 0 Å². The van der Waals surface area contributed by atoms with Crippen LogP contribution in [0.5, 0.6) is 5.88 Å². The van der Waals surface area contributed by atoms with E-state index in [1.165, 1.54) is 23.4 Å². The molecule has 25 heavy (non-hydrogen) atoms. The van der Waals surface area contributed by atoms with Crippen molar-refractivity contribution >= 4 is 11.9 Å². The number of H-pyrrole nitrogens is 1. The van der Waals surface area contributed by atoms with E-state index < -0.39 is 0 Å². The van der Waals surface area contributed by atoms with Crippen molar-refractivity contribution in [3.05, 3.63) is 51.6 Å². The number of nitrogens with zero attached hydrogens (tertiary/aromatic N) is 2. The van der Waals surface area contributed by atoms with Crippen LogP contribution in [-0.2, 0) is 0 Å². The molecule has 2 aromatic heterocycles. The van der Waals surface area contributed by atoms with Crippen LogP contribution in [0.25, 0.3) is 5.57 Å². The second kappa shape index (κ2) is 7.51. The van der Waals surface area contributed by atoms with Crippen molar-refractivity contribution in [3.8, 4) is 5.88 Å². The lowest BCUT2D eigenvalue weighted by molar-refractivity contribution is 0.111. The van der Waals surface area contributed by atoms with Crippen LogP contribution in [0.1, 0.15) is 61.6 Å². The van der Waals surface area contributed by atoms with Gasteiger partial charge in [-0.3, -0.25) is 14.3 Å². The Morgan fingerprint density at radius 2 is 2.12 bits per heavy atom. The minimum Gasteiger partial charge on any atom is -0.474 e. The van der Waals surface area contributed by atoms with Gasteiger partial charge in [-0.15, -0.1) is 0 Å². The normalized spacial score (nSPS) is 14.8. The molecule has 0 radical (unpaired) electrons. The molecule has 2 aromatic rings. The predicted molar refractivity (Wildman–Crippen MR) is 95.9 cm³/mol. The molecule has 0 saturated carbocycles. The highest BCUT2D eigenvalue weighted by atomic mass is 16.5. The van der Waals surface area contributed by atoms with E-state index in [2.05, 4.69) is 23.9 Å². The summed E-state index contributed by atoms with van der Waals surface area (Å²) in [6, 6.07) is 3.65. The molecule has 1 aliphatic rings. The van der Waals surface area contributed by atoms with Crippen molar-refractivity contribution in [2.45, 2.75) is 45.6 Å². The Kier molecular flexibility index (Phi) is 5.16. The molecule has 0 aliphatic heterocycles. The van der Waals surface area contributed by atoms with Crippen molar-refractivity contribution < 1.29 is 9.53 Å². The molecule has 0 unspecified atom stereocenters. The molecule has 0 atom stereocenters. The van der Waals surface area contributed by atoms with Gasteiger partial charge < -0.3 is 9.72 Å². The van der Waals surface area contributed by atoms with Gasteiger partial charge in [-0.2, -0.15) is 5.10 Å². The van der Waals surface area contributed by atoms with Gasteiger partial charge in [0.2, 0.25) is 5.88 Å². The van der Waals surface area contributed by atoms with E-state index in [0.29, 0.717) is 12.9 Å². The minimum atomic E-state index is -0.334. The lowest BCUT2D eigenvalue weighted by Gasteiger charge is -2.22. The first-order chi connectivity index (χ1) is 12.1. The Morgan fingerprint density at radius 3 is 2.88 bits per heavy atom. The highest BCUT2D eigenvalue weighted by molar-refractivity contribution is 5.77. The summed E-state index contributed by atoms with van der Waals surface area (Å²) < 4.78 is 7.83. The lowest BCUT2D eigenvalue weighted by atomic mass is 9.90. The first-order valence-corrected chi connectivity index (χ1v) is 8.66. The van der Waals surface area contributed by atoms with Crippen LogP contribution in [-0.4, -0.2) is 27.7 Å². The summed E-state index contributed by atoms with van der Waals surface area (Å²) in [5, 5.41) is 4.43. The highest BCUT2D eigenvalue weighted by Crippen LogP contribution is 2.33. The zero-order chi connectivity index (χ0) is 17.8. The summed E-state index contributed by atoms with van der Waals surface area (Å²) in [6.07, 6.45) is 8.06. The number of aldehydes is 1. The monoisotopic (exact) mass is 341 g/mol. The van der Waals surface area contributed by atoms with Gasteiger partial charge in [0.15, 0.2) is 11.7 Å². The Hall–Kier alpha value is -2.63. The predicted octanol–water partition coefficient (Wildman–Crippen LogP) is 3.37. The van der Waals surface area contributed by atoms with E-state index in [1.807, 2.05) is 16.9 Å². The smallest absolute Gasteiger partial charge is 0.205 e. The SMILES string of the molecule is CC(C)n1nccc1C1=C(COc2[nH]ccc(=O)c2C=O)CCCC1. The Bertz CT molecular complexity index is 846. The van der Waals surface area contributed by atoms with Crippen molar-refractivity contribution in [2.24, 2.45) is 0 Å². The second-order valence-corrected chi connectivity index (χ2v) is 6.54. The summed E-state index contributed by atoms with van der Waals surface area (Å²) >= 11 is 0. The molecule has 132 valence electrons. The standard InChI is InChI=1S/C19H23N3O3/c1-13(2)22-17(7-10-21-22)15-6-4-3-5-14(15)12-25-19-16(11-23)18(24)8-9-20-19/h7-11,13H,3-6,12H2,1-2H3,(H,20,24). The molecule has 6 nitrogen and oxygen atoms in total. The van der Waals surface area contributed by atoms with Crippen LogP contribution in [0.15, 0.2) is 34.9 Å². The number of rotatable bonds is 6. The Morgan fingerprint density at radius 1 is 1.32 bits per heavy atom. The van der Waals surface area contributed by atoms with Gasteiger partial charge in [0.05, 0.1) is 5.69 Å². The zero-order valence-electron chi connectivity index (χ0n) is 14.6. The number of carbonyl (C=O) groups excluding carboxylic acids is 1. The molecule has 0 saturated heterocycles. The van der Waals surface area contributed by atoms with Crippen LogP contribution < -0.4 is 10.2 Å². The number of aromatic amines is 1. The molecule has 1 aliphatic carbocycles. The number of allylic oxidation sites excluding steroid dienone is 1. The second-order valence-electron chi connectivity index (χ2n) is 6.54. The third-order valence-electron chi connectivity index (χ3n) is 4.52. The third-order valence-corrected chi connectivity index (χ3v) is 4.52. The molecular formula is C19H23N3O3. The topological polar surface area (TPSA) is 77.0 Å². The number of ether oxygens (including phenoxy) is 1. The fraction of sp³-hybridized carbons (Fsp3) is 0.421. The van der Waals surface area contributed by atoms with Crippen LogP contribution >= 0.6 is 0 Å². The van der Waals surface area contributed by atoms with Crippen LogP contribution in [0, 0.1) is 0 Å².